The first-order chi connectivity index (χ1) is 11.6. The molecular formula is C19H26N4O. The third-order valence-electron chi connectivity index (χ3n) is 3.42. The summed E-state index contributed by atoms with van der Waals surface area (Å²) < 4.78 is 5.91. The number of benzene rings is 1. The van der Waals surface area contributed by atoms with Crippen LogP contribution in [0.2, 0.25) is 0 Å². The highest BCUT2D eigenvalue weighted by Gasteiger charge is 2.07. The summed E-state index contributed by atoms with van der Waals surface area (Å²) in [6, 6.07) is 12.1. The van der Waals surface area contributed by atoms with E-state index in [9.17, 15) is 0 Å². The largest absolute Gasteiger partial charge is 0.491 e. The van der Waals surface area contributed by atoms with E-state index in [1.807, 2.05) is 32.0 Å². The third kappa shape index (κ3) is 5.57. The van der Waals surface area contributed by atoms with Crippen LogP contribution in [-0.2, 0) is 13.1 Å². The molecule has 128 valence electrons. The molecule has 5 heteroatoms. The van der Waals surface area contributed by atoms with E-state index in [4.69, 9.17) is 4.74 Å². The van der Waals surface area contributed by atoms with E-state index < -0.39 is 0 Å². The molecule has 0 fully saturated rings. The molecule has 0 aliphatic rings. The normalized spacial score (nSPS) is 11.5. The minimum Gasteiger partial charge on any atom is -0.491 e. The average molecular weight is 326 g/mol. The second-order valence-corrected chi connectivity index (χ2v) is 5.88. The number of aliphatic imine (C=N–C) groups is 1. The number of ether oxygens (including phenoxy) is 1. The second kappa shape index (κ2) is 8.91. The topological polar surface area (TPSA) is 58.5 Å². The summed E-state index contributed by atoms with van der Waals surface area (Å²) in [6.45, 7) is 7.41. The van der Waals surface area contributed by atoms with Gasteiger partial charge in [0.15, 0.2) is 5.96 Å². The molecule has 0 bridgehead atoms. The summed E-state index contributed by atoms with van der Waals surface area (Å²) in [5.41, 5.74) is 3.27. The van der Waals surface area contributed by atoms with Crippen molar-refractivity contribution in [3.63, 3.8) is 0 Å². The number of guanidine groups is 1. The zero-order chi connectivity index (χ0) is 17.4. The molecule has 0 amide bonds. The van der Waals surface area contributed by atoms with Crippen LogP contribution >= 0.6 is 0 Å². The summed E-state index contributed by atoms with van der Waals surface area (Å²) in [7, 11) is 1.76. The lowest BCUT2D eigenvalue weighted by atomic mass is 10.1. The quantitative estimate of drug-likeness (QED) is 0.633. The van der Waals surface area contributed by atoms with Gasteiger partial charge in [0.1, 0.15) is 5.75 Å². The predicted octanol–water partition coefficient (Wildman–Crippen LogP) is 3.04. The van der Waals surface area contributed by atoms with Crippen LogP contribution in [0, 0.1) is 6.92 Å². The Morgan fingerprint density at radius 1 is 1.17 bits per heavy atom. The van der Waals surface area contributed by atoms with Crippen molar-refractivity contribution in [3.05, 3.63) is 59.4 Å². The van der Waals surface area contributed by atoms with Crippen LogP contribution in [0.25, 0.3) is 0 Å². The lowest BCUT2D eigenvalue weighted by Crippen LogP contribution is -2.36. The number of hydrogen-bond donors (Lipinski definition) is 2. The SMILES string of the molecule is CN=C(NCc1ccccn1)NCc1ccc(C)cc1OC(C)C. The van der Waals surface area contributed by atoms with Crippen molar-refractivity contribution in [2.75, 3.05) is 7.05 Å². The van der Waals surface area contributed by atoms with Crippen molar-refractivity contribution < 1.29 is 4.74 Å². The molecule has 0 atom stereocenters. The Hall–Kier alpha value is -2.56. The Kier molecular flexibility index (Phi) is 6.61. The molecule has 0 unspecified atom stereocenters. The van der Waals surface area contributed by atoms with Gasteiger partial charge in [-0.15, -0.1) is 0 Å². The first-order valence-electron chi connectivity index (χ1n) is 8.19. The zero-order valence-corrected chi connectivity index (χ0v) is 14.8. The van der Waals surface area contributed by atoms with Gasteiger partial charge in [-0.25, -0.2) is 0 Å². The molecule has 0 radical (unpaired) electrons. The molecule has 2 rings (SSSR count). The number of nitrogens with zero attached hydrogens (tertiary/aromatic N) is 2. The molecular weight excluding hydrogens is 300 g/mol. The highest BCUT2D eigenvalue weighted by molar-refractivity contribution is 5.79. The molecule has 0 aliphatic heterocycles. The number of aryl methyl sites for hydroxylation is 1. The number of nitrogens with one attached hydrogen (secondary N) is 2. The summed E-state index contributed by atoms with van der Waals surface area (Å²) in [6.07, 6.45) is 1.93. The van der Waals surface area contributed by atoms with E-state index >= 15 is 0 Å². The van der Waals surface area contributed by atoms with Crippen LogP contribution in [0.1, 0.15) is 30.7 Å². The Morgan fingerprint density at radius 3 is 2.62 bits per heavy atom. The van der Waals surface area contributed by atoms with Crippen molar-refractivity contribution in [3.8, 4) is 5.75 Å². The van der Waals surface area contributed by atoms with E-state index in [0.717, 1.165) is 23.0 Å². The van der Waals surface area contributed by atoms with Gasteiger partial charge in [0.25, 0.3) is 0 Å². The molecule has 0 saturated heterocycles. The average Bonchev–Trinajstić information content (AvgIpc) is 2.57. The molecule has 0 aliphatic carbocycles. The van der Waals surface area contributed by atoms with Crippen molar-refractivity contribution in [1.29, 1.82) is 0 Å². The monoisotopic (exact) mass is 326 g/mol. The molecule has 0 saturated carbocycles. The Balaban J connectivity index is 1.95. The van der Waals surface area contributed by atoms with Gasteiger partial charge >= 0.3 is 0 Å². The second-order valence-electron chi connectivity index (χ2n) is 5.88. The maximum absolute atomic E-state index is 5.91. The molecule has 1 aromatic heterocycles. The molecule has 24 heavy (non-hydrogen) atoms. The molecule has 1 aromatic carbocycles. The fourth-order valence-electron chi connectivity index (χ4n) is 2.25. The van der Waals surface area contributed by atoms with Gasteiger partial charge in [0, 0.05) is 25.4 Å². The Morgan fingerprint density at radius 2 is 1.96 bits per heavy atom. The van der Waals surface area contributed by atoms with Gasteiger partial charge in [-0.3, -0.25) is 9.98 Å². The Bertz CT molecular complexity index is 668. The maximum Gasteiger partial charge on any atom is 0.191 e. The van der Waals surface area contributed by atoms with Gasteiger partial charge in [0.2, 0.25) is 0 Å². The lowest BCUT2D eigenvalue weighted by molar-refractivity contribution is 0.239. The van der Waals surface area contributed by atoms with E-state index in [0.29, 0.717) is 13.1 Å². The minimum absolute atomic E-state index is 0.146. The number of hydrogen-bond acceptors (Lipinski definition) is 3. The molecule has 2 N–H and O–H groups in total. The van der Waals surface area contributed by atoms with Crippen molar-refractivity contribution in [2.24, 2.45) is 4.99 Å². The Labute approximate surface area is 144 Å². The van der Waals surface area contributed by atoms with Crippen molar-refractivity contribution >= 4 is 5.96 Å². The maximum atomic E-state index is 5.91. The molecule has 2 aromatic rings. The van der Waals surface area contributed by atoms with Gasteiger partial charge in [-0.05, 0) is 44.5 Å². The van der Waals surface area contributed by atoms with Crippen molar-refractivity contribution in [1.82, 2.24) is 15.6 Å². The summed E-state index contributed by atoms with van der Waals surface area (Å²) in [5.74, 6) is 1.65. The predicted molar refractivity (Wildman–Crippen MR) is 98.2 cm³/mol. The highest BCUT2D eigenvalue weighted by atomic mass is 16.5. The molecule has 5 nitrogen and oxygen atoms in total. The first-order valence-corrected chi connectivity index (χ1v) is 8.19. The van der Waals surface area contributed by atoms with E-state index in [-0.39, 0.29) is 6.10 Å². The van der Waals surface area contributed by atoms with Gasteiger partial charge in [-0.1, -0.05) is 18.2 Å². The number of pyridine rings is 1. The fraction of sp³-hybridized carbons (Fsp3) is 0.368. The first kappa shape index (κ1) is 17.8. The summed E-state index contributed by atoms with van der Waals surface area (Å²) >= 11 is 0. The van der Waals surface area contributed by atoms with Gasteiger partial charge in [-0.2, -0.15) is 0 Å². The minimum atomic E-state index is 0.146. The smallest absolute Gasteiger partial charge is 0.191 e. The van der Waals surface area contributed by atoms with Gasteiger partial charge in [0.05, 0.1) is 18.3 Å². The lowest BCUT2D eigenvalue weighted by Gasteiger charge is -2.17. The van der Waals surface area contributed by atoms with Gasteiger partial charge < -0.3 is 15.4 Å². The fourth-order valence-corrected chi connectivity index (χ4v) is 2.25. The highest BCUT2D eigenvalue weighted by Crippen LogP contribution is 2.21. The standard InChI is InChI=1S/C19H26N4O/c1-14(2)24-18-11-15(3)8-9-16(18)12-22-19(20-4)23-13-17-7-5-6-10-21-17/h5-11,14H,12-13H2,1-4H3,(H2,20,22,23). The molecule has 0 spiro atoms. The summed E-state index contributed by atoms with van der Waals surface area (Å²) in [5, 5.41) is 6.58. The van der Waals surface area contributed by atoms with Crippen LogP contribution in [0.4, 0.5) is 0 Å². The number of rotatable bonds is 6. The number of aromatic nitrogens is 1. The van der Waals surface area contributed by atoms with E-state index in [1.165, 1.54) is 5.56 Å². The van der Waals surface area contributed by atoms with Crippen LogP contribution in [0.5, 0.6) is 5.75 Å². The zero-order valence-electron chi connectivity index (χ0n) is 14.8. The van der Waals surface area contributed by atoms with Crippen LogP contribution in [-0.4, -0.2) is 24.1 Å². The summed E-state index contributed by atoms with van der Waals surface area (Å²) in [4.78, 5) is 8.55. The van der Waals surface area contributed by atoms with Crippen LogP contribution in [0.15, 0.2) is 47.6 Å². The van der Waals surface area contributed by atoms with Crippen molar-refractivity contribution in [2.45, 2.75) is 40.0 Å². The van der Waals surface area contributed by atoms with Crippen LogP contribution < -0.4 is 15.4 Å². The third-order valence-corrected chi connectivity index (χ3v) is 3.42. The van der Waals surface area contributed by atoms with E-state index in [1.54, 1.807) is 13.2 Å². The van der Waals surface area contributed by atoms with Crippen LogP contribution in [0.3, 0.4) is 0 Å². The molecule has 1 heterocycles. The van der Waals surface area contributed by atoms with E-state index in [2.05, 4.69) is 45.7 Å².